The molecule has 1 fully saturated rings. The highest BCUT2D eigenvalue weighted by atomic mass is 19.4. The number of carbonyl (C=O) groups is 1. The first-order chi connectivity index (χ1) is 9.74. The molecule has 1 heterocycles. The lowest BCUT2D eigenvalue weighted by Crippen LogP contribution is -2.21. The van der Waals surface area contributed by atoms with Crippen molar-refractivity contribution in [1.29, 1.82) is 0 Å². The molecule has 2 rings (SSSR count). The molecule has 1 N–H and O–H groups in total. The minimum Gasteiger partial charge on any atom is -0.481 e. The molecule has 7 heteroatoms. The van der Waals surface area contributed by atoms with E-state index in [-0.39, 0.29) is 24.4 Å². The summed E-state index contributed by atoms with van der Waals surface area (Å²) in [5, 5.41) is 8.72. The lowest BCUT2D eigenvalue weighted by Gasteiger charge is -2.17. The van der Waals surface area contributed by atoms with Gasteiger partial charge in [-0.2, -0.15) is 13.2 Å². The highest BCUT2D eigenvalue weighted by Crippen LogP contribution is 2.31. The normalized spacial score (nSPS) is 19.9. The maximum atomic E-state index is 13.3. The summed E-state index contributed by atoms with van der Waals surface area (Å²) >= 11 is 0. The zero-order valence-electron chi connectivity index (χ0n) is 11.2. The summed E-state index contributed by atoms with van der Waals surface area (Å²) in [6.45, 7) is 1.30. The van der Waals surface area contributed by atoms with Crippen LogP contribution in [0.25, 0.3) is 0 Å². The van der Waals surface area contributed by atoms with Crippen molar-refractivity contribution in [3.8, 4) is 0 Å². The lowest BCUT2D eigenvalue weighted by molar-refractivity contribution is -0.138. The van der Waals surface area contributed by atoms with Crippen molar-refractivity contribution in [3.05, 3.63) is 35.1 Å². The first-order valence-electron chi connectivity index (χ1n) is 6.55. The Morgan fingerprint density at radius 2 is 2.05 bits per heavy atom. The van der Waals surface area contributed by atoms with Crippen LogP contribution in [0, 0.1) is 11.7 Å². The molecule has 116 valence electrons. The fourth-order valence-electron chi connectivity index (χ4n) is 2.63. The van der Waals surface area contributed by atoms with Gasteiger partial charge in [-0.1, -0.05) is 0 Å². The highest BCUT2D eigenvalue weighted by molar-refractivity contribution is 5.67. The SMILES string of the molecule is O=C(O)CC1CCN(Cc2cc(F)cc(C(F)(F)F)c2)C1. The van der Waals surface area contributed by atoms with Crippen LogP contribution in [0.1, 0.15) is 24.0 Å². The van der Waals surface area contributed by atoms with Gasteiger partial charge >= 0.3 is 12.1 Å². The van der Waals surface area contributed by atoms with Crippen LogP contribution in [-0.2, 0) is 17.5 Å². The third-order valence-electron chi connectivity index (χ3n) is 3.52. The van der Waals surface area contributed by atoms with Gasteiger partial charge in [-0.25, -0.2) is 4.39 Å². The summed E-state index contributed by atoms with van der Waals surface area (Å²) < 4.78 is 51.1. The molecule has 0 spiro atoms. The topological polar surface area (TPSA) is 40.5 Å². The number of likely N-dealkylation sites (tertiary alicyclic amines) is 1. The fraction of sp³-hybridized carbons (Fsp3) is 0.500. The van der Waals surface area contributed by atoms with Crippen molar-refractivity contribution in [2.45, 2.75) is 25.6 Å². The van der Waals surface area contributed by atoms with Gasteiger partial charge in [0.1, 0.15) is 5.82 Å². The number of halogens is 4. The first kappa shape index (κ1) is 15.8. The van der Waals surface area contributed by atoms with E-state index in [1.54, 1.807) is 0 Å². The van der Waals surface area contributed by atoms with Crippen LogP contribution in [0.3, 0.4) is 0 Å². The average Bonchev–Trinajstić information content (AvgIpc) is 2.73. The number of aliphatic carboxylic acids is 1. The number of rotatable bonds is 4. The van der Waals surface area contributed by atoms with Crippen LogP contribution in [0.2, 0.25) is 0 Å². The molecule has 1 aliphatic heterocycles. The second-order valence-electron chi connectivity index (χ2n) is 5.33. The smallest absolute Gasteiger partial charge is 0.416 e. The van der Waals surface area contributed by atoms with Crippen LogP contribution >= 0.6 is 0 Å². The van der Waals surface area contributed by atoms with Gasteiger partial charge in [-0.05, 0) is 42.6 Å². The van der Waals surface area contributed by atoms with Crippen molar-refractivity contribution in [2.75, 3.05) is 13.1 Å². The molecule has 0 aromatic heterocycles. The Bertz CT molecular complexity index is 530. The van der Waals surface area contributed by atoms with Crippen molar-refractivity contribution >= 4 is 5.97 Å². The maximum absolute atomic E-state index is 13.3. The van der Waals surface area contributed by atoms with E-state index in [9.17, 15) is 22.4 Å². The first-order valence-corrected chi connectivity index (χ1v) is 6.55. The molecule has 21 heavy (non-hydrogen) atoms. The van der Waals surface area contributed by atoms with E-state index in [0.29, 0.717) is 25.6 Å². The Morgan fingerprint density at radius 1 is 1.33 bits per heavy atom. The molecule has 1 aromatic rings. The average molecular weight is 305 g/mol. The number of benzene rings is 1. The number of hydrogen-bond acceptors (Lipinski definition) is 2. The second kappa shape index (κ2) is 6.01. The summed E-state index contributed by atoms with van der Waals surface area (Å²) in [5.74, 6) is -1.80. The predicted octanol–water partition coefficient (Wildman–Crippen LogP) is 3.14. The van der Waals surface area contributed by atoms with Crippen molar-refractivity contribution in [3.63, 3.8) is 0 Å². The maximum Gasteiger partial charge on any atom is 0.416 e. The summed E-state index contributed by atoms with van der Waals surface area (Å²) in [4.78, 5) is 12.5. The van der Waals surface area contributed by atoms with Crippen LogP contribution in [0.5, 0.6) is 0 Å². The van der Waals surface area contributed by atoms with E-state index >= 15 is 0 Å². The number of carboxylic acids is 1. The highest BCUT2D eigenvalue weighted by Gasteiger charge is 2.32. The molecular weight excluding hydrogens is 290 g/mol. The van der Waals surface area contributed by atoms with Crippen LogP contribution in [-0.4, -0.2) is 29.1 Å². The number of nitrogens with zero attached hydrogens (tertiary/aromatic N) is 1. The molecule has 0 saturated carbocycles. The molecule has 0 aliphatic carbocycles. The summed E-state index contributed by atoms with van der Waals surface area (Å²) in [6, 6.07) is 2.49. The molecule has 1 saturated heterocycles. The zero-order chi connectivity index (χ0) is 15.6. The van der Waals surface area contributed by atoms with Crippen molar-refractivity contribution < 1.29 is 27.5 Å². The second-order valence-corrected chi connectivity index (χ2v) is 5.33. The van der Waals surface area contributed by atoms with Gasteiger partial charge in [-0.15, -0.1) is 0 Å². The molecule has 1 aliphatic rings. The monoisotopic (exact) mass is 305 g/mol. The lowest BCUT2D eigenvalue weighted by atomic mass is 10.1. The third kappa shape index (κ3) is 4.42. The van der Waals surface area contributed by atoms with E-state index in [2.05, 4.69) is 0 Å². The van der Waals surface area contributed by atoms with Crippen LogP contribution in [0.15, 0.2) is 18.2 Å². The minimum atomic E-state index is -4.58. The van der Waals surface area contributed by atoms with Gasteiger partial charge in [0.05, 0.1) is 5.56 Å². The predicted molar refractivity (Wildman–Crippen MR) is 67.0 cm³/mol. The van der Waals surface area contributed by atoms with E-state index in [1.807, 2.05) is 4.90 Å². The van der Waals surface area contributed by atoms with E-state index in [1.165, 1.54) is 0 Å². The Morgan fingerprint density at radius 3 is 2.67 bits per heavy atom. The molecule has 1 unspecified atom stereocenters. The van der Waals surface area contributed by atoms with Gasteiger partial charge in [0.15, 0.2) is 0 Å². The molecule has 0 amide bonds. The molecular formula is C14H15F4NO2. The standard InChI is InChI=1S/C14H15F4NO2/c15-12-4-10(3-11(6-12)14(16,17)18)8-19-2-1-9(7-19)5-13(20)21/h3-4,6,9H,1-2,5,7-8H2,(H,20,21). The largest absolute Gasteiger partial charge is 0.481 e. The molecule has 1 atom stereocenters. The Kier molecular flexibility index (Phi) is 4.51. The van der Waals surface area contributed by atoms with E-state index in [0.717, 1.165) is 12.1 Å². The molecule has 1 aromatic carbocycles. The van der Waals surface area contributed by atoms with Gasteiger partial charge in [0.2, 0.25) is 0 Å². The molecule has 0 bridgehead atoms. The Labute approximate surface area is 119 Å². The van der Waals surface area contributed by atoms with Crippen LogP contribution < -0.4 is 0 Å². The number of carboxylic acid groups (broad SMARTS) is 1. The number of alkyl halides is 3. The summed E-state index contributed by atoms with van der Waals surface area (Å²) in [5.41, 5.74) is -0.753. The summed E-state index contributed by atoms with van der Waals surface area (Å²) in [7, 11) is 0. The Hall–Kier alpha value is -1.63. The van der Waals surface area contributed by atoms with Crippen LogP contribution in [0.4, 0.5) is 17.6 Å². The fourth-order valence-corrected chi connectivity index (χ4v) is 2.63. The van der Waals surface area contributed by atoms with E-state index < -0.39 is 23.5 Å². The zero-order valence-corrected chi connectivity index (χ0v) is 11.2. The molecule has 0 radical (unpaired) electrons. The summed E-state index contributed by atoms with van der Waals surface area (Å²) in [6.07, 6.45) is -3.84. The minimum absolute atomic E-state index is 0.00172. The van der Waals surface area contributed by atoms with Crippen molar-refractivity contribution in [2.24, 2.45) is 5.92 Å². The quantitative estimate of drug-likeness (QED) is 0.869. The molecule has 3 nitrogen and oxygen atoms in total. The van der Waals surface area contributed by atoms with Crippen molar-refractivity contribution in [1.82, 2.24) is 4.90 Å². The van der Waals surface area contributed by atoms with Gasteiger partial charge in [0.25, 0.3) is 0 Å². The van der Waals surface area contributed by atoms with Gasteiger partial charge in [0, 0.05) is 19.5 Å². The van der Waals surface area contributed by atoms with Gasteiger partial charge < -0.3 is 5.11 Å². The number of hydrogen-bond donors (Lipinski definition) is 1. The van der Waals surface area contributed by atoms with E-state index in [4.69, 9.17) is 5.11 Å². The van der Waals surface area contributed by atoms with Gasteiger partial charge in [-0.3, -0.25) is 9.69 Å². The Balaban J connectivity index is 2.04. The third-order valence-corrected chi connectivity index (χ3v) is 3.52.